The molecule has 0 heterocycles. The zero-order valence-electron chi connectivity index (χ0n) is 14.4. The number of nitrogens with one attached hydrogen (secondary N) is 3. The Kier molecular flexibility index (Phi) is 7.51. The van der Waals surface area contributed by atoms with E-state index in [0.29, 0.717) is 25.5 Å². The molecule has 0 aliphatic rings. The standard InChI is InChI=1S/C16H28N4O2S/c1-16(2,14-9-6-5-7-10-14)13-19-15(17-3)18-11-8-12-20-23(4,21)22/h5-7,9-10,20H,8,11-13H2,1-4H3,(H2,17,18,19). The van der Waals surface area contributed by atoms with Crippen molar-refractivity contribution in [1.29, 1.82) is 0 Å². The molecule has 0 spiro atoms. The van der Waals surface area contributed by atoms with Gasteiger partial charge in [0, 0.05) is 32.1 Å². The van der Waals surface area contributed by atoms with Crippen molar-refractivity contribution >= 4 is 16.0 Å². The number of hydrogen-bond acceptors (Lipinski definition) is 3. The molecule has 0 saturated heterocycles. The molecule has 1 rings (SSSR count). The van der Waals surface area contributed by atoms with Crippen LogP contribution in [0.15, 0.2) is 35.3 Å². The third-order valence-corrected chi connectivity index (χ3v) is 4.22. The lowest BCUT2D eigenvalue weighted by molar-refractivity contribution is 0.508. The summed E-state index contributed by atoms with van der Waals surface area (Å²) in [4.78, 5) is 4.19. The van der Waals surface area contributed by atoms with Crippen LogP contribution in [0.25, 0.3) is 0 Å². The lowest BCUT2D eigenvalue weighted by Gasteiger charge is -2.26. The van der Waals surface area contributed by atoms with Gasteiger partial charge in [-0.25, -0.2) is 13.1 Å². The summed E-state index contributed by atoms with van der Waals surface area (Å²) in [6.07, 6.45) is 1.85. The summed E-state index contributed by atoms with van der Waals surface area (Å²) in [6, 6.07) is 10.3. The molecule has 3 N–H and O–H groups in total. The monoisotopic (exact) mass is 340 g/mol. The summed E-state index contributed by atoms with van der Waals surface area (Å²) in [5.74, 6) is 0.716. The Bertz CT molecular complexity index is 598. The maximum atomic E-state index is 11.0. The smallest absolute Gasteiger partial charge is 0.208 e. The van der Waals surface area contributed by atoms with Crippen molar-refractivity contribution < 1.29 is 8.42 Å². The SMILES string of the molecule is CN=C(NCCCNS(C)(=O)=O)NCC(C)(C)c1ccccc1. The van der Waals surface area contributed by atoms with Crippen LogP contribution in [0.1, 0.15) is 25.8 Å². The Morgan fingerprint density at radius 2 is 1.78 bits per heavy atom. The van der Waals surface area contributed by atoms with Crippen LogP contribution in [-0.2, 0) is 15.4 Å². The molecule has 0 unspecified atom stereocenters. The van der Waals surface area contributed by atoms with E-state index >= 15 is 0 Å². The molecule has 0 amide bonds. The van der Waals surface area contributed by atoms with Gasteiger partial charge in [0.2, 0.25) is 10.0 Å². The molecule has 0 bridgehead atoms. The number of nitrogens with zero attached hydrogens (tertiary/aromatic N) is 1. The van der Waals surface area contributed by atoms with E-state index in [1.54, 1.807) is 7.05 Å². The average molecular weight is 340 g/mol. The van der Waals surface area contributed by atoms with Gasteiger partial charge in [-0.2, -0.15) is 0 Å². The second-order valence-electron chi connectivity index (χ2n) is 6.12. The van der Waals surface area contributed by atoms with Gasteiger partial charge < -0.3 is 10.6 Å². The number of guanidine groups is 1. The van der Waals surface area contributed by atoms with Crippen LogP contribution in [0.5, 0.6) is 0 Å². The fourth-order valence-electron chi connectivity index (χ4n) is 2.07. The summed E-state index contributed by atoms with van der Waals surface area (Å²) < 4.78 is 24.4. The molecule has 1 aromatic carbocycles. The second-order valence-corrected chi connectivity index (χ2v) is 7.96. The molecule has 0 saturated carbocycles. The van der Waals surface area contributed by atoms with E-state index in [4.69, 9.17) is 0 Å². The minimum Gasteiger partial charge on any atom is -0.356 e. The van der Waals surface area contributed by atoms with E-state index in [0.717, 1.165) is 12.8 Å². The van der Waals surface area contributed by atoms with E-state index in [-0.39, 0.29) is 5.41 Å². The molecule has 0 aliphatic carbocycles. The highest BCUT2D eigenvalue weighted by Crippen LogP contribution is 2.21. The van der Waals surface area contributed by atoms with Crippen LogP contribution >= 0.6 is 0 Å². The number of benzene rings is 1. The highest BCUT2D eigenvalue weighted by Gasteiger charge is 2.20. The van der Waals surface area contributed by atoms with Crippen molar-refractivity contribution in [2.75, 3.05) is 32.9 Å². The largest absolute Gasteiger partial charge is 0.356 e. The predicted molar refractivity (Wildman–Crippen MR) is 96.3 cm³/mol. The van der Waals surface area contributed by atoms with Gasteiger partial charge in [0.1, 0.15) is 0 Å². The first-order chi connectivity index (χ1) is 10.7. The van der Waals surface area contributed by atoms with E-state index in [2.05, 4.69) is 46.3 Å². The number of aliphatic imine (C=N–C) groups is 1. The third-order valence-electron chi connectivity index (χ3n) is 3.49. The normalized spacial score (nSPS) is 13.0. The Labute approximate surface area is 139 Å². The Morgan fingerprint density at radius 3 is 2.35 bits per heavy atom. The number of hydrogen-bond donors (Lipinski definition) is 3. The second kappa shape index (κ2) is 8.88. The van der Waals surface area contributed by atoms with Gasteiger partial charge in [0.15, 0.2) is 5.96 Å². The molecule has 0 aromatic heterocycles. The highest BCUT2D eigenvalue weighted by atomic mass is 32.2. The summed E-state index contributed by atoms with van der Waals surface area (Å²) in [5.41, 5.74) is 1.25. The minimum atomic E-state index is -3.11. The fraction of sp³-hybridized carbons (Fsp3) is 0.562. The lowest BCUT2D eigenvalue weighted by atomic mass is 9.85. The zero-order chi connectivity index (χ0) is 17.3. The van der Waals surface area contributed by atoms with Crippen molar-refractivity contribution in [2.45, 2.75) is 25.7 Å². The quantitative estimate of drug-likeness (QED) is 0.375. The van der Waals surface area contributed by atoms with Gasteiger partial charge in [-0.15, -0.1) is 0 Å². The molecule has 0 radical (unpaired) electrons. The van der Waals surface area contributed by atoms with Crippen LogP contribution in [0.4, 0.5) is 0 Å². The summed E-state index contributed by atoms with van der Waals surface area (Å²) in [5, 5.41) is 6.50. The van der Waals surface area contributed by atoms with Crippen LogP contribution in [0, 0.1) is 0 Å². The molecule has 0 atom stereocenters. The maximum Gasteiger partial charge on any atom is 0.208 e. The number of rotatable bonds is 8. The van der Waals surface area contributed by atoms with Crippen molar-refractivity contribution in [1.82, 2.24) is 15.4 Å². The number of sulfonamides is 1. The van der Waals surface area contributed by atoms with Gasteiger partial charge >= 0.3 is 0 Å². The van der Waals surface area contributed by atoms with E-state index in [1.807, 2.05) is 18.2 Å². The Morgan fingerprint density at radius 1 is 1.13 bits per heavy atom. The molecule has 0 aliphatic heterocycles. The van der Waals surface area contributed by atoms with Gasteiger partial charge in [0.25, 0.3) is 0 Å². The molecule has 1 aromatic rings. The first-order valence-electron chi connectivity index (χ1n) is 7.69. The van der Waals surface area contributed by atoms with Crippen LogP contribution in [-0.4, -0.2) is 47.3 Å². The molecule has 0 fully saturated rings. The molecular weight excluding hydrogens is 312 g/mol. The molecule has 7 heteroatoms. The van der Waals surface area contributed by atoms with Gasteiger partial charge in [-0.1, -0.05) is 44.2 Å². The van der Waals surface area contributed by atoms with E-state index < -0.39 is 10.0 Å². The van der Waals surface area contributed by atoms with Gasteiger partial charge in [0.05, 0.1) is 6.26 Å². The van der Waals surface area contributed by atoms with Crippen LogP contribution < -0.4 is 15.4 Å². The van der Waals surface area contributed by atoms with E-state index in [1.165, 1.54) is 5.56 Å². The summed E-state index contributed by atoms with van der Waals surface area (Å²) >= 11 is 0. The predicted octanol–water partition coefficient (Wildman–Crippen LogP) is 1.07. The fourth-order valence-corrected chi connectivity index (χ4v) is 2.58. The average Bonchev–Trinajstić information content (AvgIpc) is 2.50. The first kappa shape index (κ1) is 19.4. The minimum absolute atomic E-state index is 0.0171. The van der Waals surface area contributed by atoms with Crippen molar-refractivity contribution in [2.24, 2.45) is 4.99 Å². The Hall–Kier alpha value is -1.60. The van der Waals surface area contributed by atoms with Crippen molar-refractivity contribution in [3.63, 3.8) is 0 Å². The maximum absolute atomic E-state index is 11.0. The summed E-state index contributed by atoms with van der Waals surface area (Å²) in [7, 11) is -1.39. The molecular formula is C16H28N4O2S. The molecule has 130 valence electrons. The molecule has 23 heavy (non-hydrogen) atoms. The van der Waals surface area contributed by atoms with Crippen LogP contribution in [0.3, 0.4) is 0 Å². The molecule has 6 nitrogen and oxygen atoms in total. The Balaban J connectivity index is 2.37. The van der Waals surface area contributed by atoms with Gasteiger partial charge in [-0.3, -0.25) is 4.99 Å². The van der Waals surface area contributed by atoms with Crippen LogP contribution in [0.2, 0.25) is 0 Å². The summed E-state index contributed by atoms with van der Waals surface area (Å²) in [6.45, 7) is 6.17. The van der Waals surface area contributed by atoms with Gasteiger partial charge in [-0.05, 0) is 12.0 Å². The lowest BCUT2D eigenvalue weighted by Crippen LogP contribution is -2.44. The third kappa shape index (κ3) is 7.99. The highest BCUT2D eigenvalue weighted by molar-refractivity contribution is 7.88. The van der Waals surface area contributed by atoms with E-state index in [9.17, 15) is 8.42 Å². The first-order valence-corrected chi connectivity index (χ1v) is 9.58. The zero-order valence-corrected chi connectivity index (χ0v) is 15.2. The topological polar surface area (TPSA) is 82.6 Å². The van der Waals surface area contributed by atoms with Crippen molar-refractivity contribution in [3.05, 3.63) is 35.9 Å². The van der Waals surface area contributed by atoms with Crippen molar-refractivity contribution in [3.8, 4) is 0 Å².